The predicted molar refractivity (Wildman–Crippen MR) is 104 cm³/mol. The molecule has 3 rings (SSSR count). The Bertz CT molecular complexity index is 957. The Labute approximate surface area is 167 Å². The quantitative estimate of drug-likeness (QED) is 0.729. The second-order valence-corrected chi connectivity index (χ2v) is 7.01. The Hall–Kier alpha value is -3.29. The van der Waals surface area contributed by atoms with Crippen molar-refractivity contribution < 1.29 is 23.1 Å². The van der Waals surface area contributed by atoms with Gasteiger partial charge in [0.25, 0.3) is 0 Å². The monoisotopic (exact) mass is 401 g/mol. The third-order valence-corrected chi connectivity index (χ3v) is 4.66. The average Bonchev–Trinajstić information content (AvgIpc) is 3.06. The van der Waals surface area contributed by atoms with E-state index >= 15 is 0 Å². The van der Waals surface area contributed by atoms with Crippen molar-refractivity contribution in [3.05, 3.63) is 70.8 Å². The highest BCUT2D eigenvalue weighted by atomic mass is 19.1. The molecule has 0 unspecified atom stereocenters. The van der Waals surface area contributed by atoms with E-state index in [-0.39, 0.29) is 25.4 Å². The van der Waals surface area contributed by atoms with Crippen molar-refractivity contribution in [1.29, 1.82) is 0 Å². The number of rotatable bonds is 6. The number of aliphatic imine (C=N–C) groups is 1. The Balaban J connectivity index is 1.62. The molecule has 29 heavy (non-hydrogen) atoms. The number of halogens is 2. The van der Waals surface area contributed by atoms with Gasteiger partial charge in [0.1, 0.15) is 23.0 Å². The van der Waals surface area contributed by atoms with E-state index in [0.29, 0.717) is 22.5 Å². The molecule has 0 radical (unpaired) electrons. The molecular formula is C21H21F2N3O3. The number of carbonyl (C=O) groups excluding carboxylic acids is 2. The van der Waals surface area contributed by atoms with Gasteiger partial charge < -0.3 is 15.4 Å². The van der Waals surface area contributed by atoms with E-state index < -0.39 is 23.1 Å². The van der Waals surface area contributed by atoms with Gasteiger partial charge >= 0.3 is 5.97 Å². The lowest BCUT2D eigenvalue weighted by atomic mass is 10.0. The van der Waals surface area contributed by atoms with Crippen LogP contribution in [-0.2, 0) is 22.5 Å². The second-order valence-electron chi connectivity index (χ2n) is 7.01. The van der Waals surface area contributed by atoms with Crippen molar-refractivity contribution >= 4 is 17.7 Å². The normalized spacial score (nSPS) is 18.0. The fourth-order valence-electron chi connectivity index (χ4n) is 3.14. The molecule has 1 aliphatic rings. The molecule has 2 aromatic rings. The number of benzene rings is 2. The number of carbonyl (C=O) groups is 2. The van der Waals surface area contributed by atoms with Crippen molar-refractivity contribution in [2.75, 3.05) is 13.7 Å². The Morgan fingerprint density at radius 1 is 1.21 bits per heavy atom. The molecule has 1 amide bonds. The topological polar surface area (TPSA) is 79.8 Å². The summed E-state index contributed by atoms with van der Waals surface area (Å²) in [6.07, 6.45) is 0.183. The zero-order chi connectivity index (χ0) is 21.0. The lowest BCUT2D eigenvalue weighted by Crippen LogP contribution is -2.55. The summed E-state index contributed by atoms with van der Waals surface area (Å²) >= 11 is 0. The predicted octanol–water partition coefficient (Wildman–Crippen LogP) is 2.37. The van der Waals surface area contributed by atoms with E-state index in [1.165, 1.54) is 19.2 Å². The maximum absolute atomic E-state index is 13.4. The molecule has 6 nitrogen and oxygen atoms in total. The summed E-state index contributed by atoms with van der Waals surface area (Å²) < 4.78 is 31.5. The molecule has 152 valence electrons. The van der Waals surface area contributed by atoms with Crippen molar-refractivity contribution in [3.8, 4) is 0 Å². The number of nitrogens with one attached hydrogen (secondary N) is 2. The first-order valence-electron chi connectivity index (χ1n) is 9.02. The standard InChI is InChI=1S/C21H21F2N3O3/c1-21(12-25-18(26-21)9-13-7-15(22)10-16(23)8-13)20(28)24-11-14-5-3-4-6-17(14)19(27)29-2/h3-8,10H,9,11-12H2,1-2H3,(H,24,28)(H,25,26)/t21-/m0/s1. The van der Waals surface area contributed by atoms with Crippen LogP contribution in [0, 0.1) is 11.6 Å². The molecule has 0 saturated carbocycles. The van der Waals surface area contributed by atoms with Crippen molar-refractivity contribution in [1.82, 2.24) is 10.6 Å². The van der Waals surface area contributed by atoms with E-state index in [1.54, 1.807) is 31.2 Å². The maximum Gasteiger partial charge on any atom is 0.338 e. The molecular weight excluding hydrogens is 380 g/mol. The molecule has 8 heteroatoms. The van der Waals surface area contributed by atoms with Crippen LogP contribution in [0.2, 0.25) is 0 Å². The van der Waals surface area contributed by atoms with Crippen LogP contribution in [0.1, 0.15) is 28.4 Å². The lowest BCUT2D eigenvalue weighted by molar-refractivity contribution is -0.126. The first kappa shape index (κ1) is 20.4. The van der Waals surface area contributed by atoms with E-state index in [2.05, 4.69) is 15.6 Å². The fourth-order valence-corrected chi connectivity index (χ4v) is 3.14. The number of nitrogens with zero attached hydrogens (tertiary/aromatic N) is 1. The summed E-state index contributed by atoms with van der Waals surface area (Å²) in [5.74, 6) is -1.64. The van der Waals surface area contributed by atoms with Crippen LogP contribution in [0.3, 0.4) is 0 Å². The van der Waals surface area contributed by atoms with Gasteiger partial charge in [0, 0.05) is 19.0 Å². The minimum atomic E-state index is -0.999. The summed E-state index contributed by atoms with van der Waals surface area (Å²) in [5.41, 5.74) is 0.433. The number of hydrogen-bond donors (Lipinski definition) is 2. The number of amides is 1. The Kier molecular flexibility index (Phi) is 5.91. The molecule has 1 aliphatic heterocycles. The van der Waals surface area contributed by atoms with Crippen LogP contribution in [-0.4, -0.2) is 36.9 Å². The highest BCUT2D eigenvalue weighted by Gasteiger charge is 2.37. The summed E-state index contributed by atoms with van der Waals surface area (Å²) in [4.78, 5) is 28.9. The number of methoxy groups -OCH3 is 1. The Morgan fingerprint density at radius 3 is 2.59 bits per heavy atom. The fraction of sp³-hybridized carbons (Fsp3) is 0.286. The van der Waals surface area contributed by atoms with Gasteiger partial charge in [-0.05, 0) is 36.2 Å². The van der Waals surface area contributed by atoms with Gasteiger partial charge in [-0.25, -0.2) is 13.6 Å². The Morgan fingerprint density at radius 2 is 1.90 bits per heavy atom. The zero-order valence-electron chi connectivity index (χ0n) is 16.1. The molecule has 2 N–H and O–H groups in total. The maximum atomic E-state index is 13.4. The summed E-state index contributed by atoms with van der Waals surface area (Å²) in [6.45, 7) is 2.02. The molecule has 1 heterocycles. The van der Waals surface area contributed by atoms with E-state index in [0.717, 1.165) is 6.07 Å². The van der Waals surface area contributed by atoms with E-state index in [1.807, 2.05) is 0 Å². The van der Waals surface area contributed by atoms with Gasteiger partial charge in [-0.15, -0.1) is 0 Å². The molecule has 0 fully saturated rings. The largest absolute Gasteiger partial charge is 0.465 e. The lowest BCUT2D eigenvalue weighted by Gasteiger charge is -2.24. The number of ether oxygens (including phenoxy) is 1. The summed E-state index contributed by atoms with van der Waals surface area (Å²) in [7, 11) is 1.30. The van der Waals surface area contributed by atoms with Gasteiger partial charge in [0.15, 0.2) is 0 Å². The SMILES string of the molecule is COC(=O)c1ccccc1CNC(=O)[C@]1(C)CN=C(Cc2cc(F)cc(F)c2)N1. The first-order valence-corrected chi connectivity index (χ1v) is 9.02. The van der Waals surface area contributed by atoms with Crippen molar-refractivity contribution in [2.24, 2.45) is 4.99 Å². The highest BCUT2D eigenvalue weighted by Crippen LogP contribution is 2.16. The van der Waals surface area contributed by atoms with Crippen molar-refractivity contribution in [3.63, 3.8) is 0 Å². The molecule has 0 aromatic heterocycles. The van der Waals surface area contributed by atoms with Crippen LogP contribution in [0.4, 0.5) is 8.78 Å². The third-order valence-electron chi connectivity index (χ3n) is 4.66. The summed E-state index contributed by atoms with van der Waals surface area (Å²) in [6, 6.07) is 10.1. The van der Waals surface area contributed by atoms with Crippen LogP contribution in [0.15, 0.2) is 47.5 Å². The average molecular weight is 401 g/mol. The van der Waals surface area contributed by atoms with Crippen LogP contribution >= 0.6 is 0 Å². The summed E-state index contributed by atoms with van der Waals surface area (Å²) in [5, 5.41) is 5.84. The van der Waals surface area contributed by atoms with Gasteiger partial charge in [0.05, 0.1) is 19.2 Å². The molecule has 0 aliphatic carbocycles. The van der Waals surface area contributed by atoms with Gasteiger partial charge in [-0.3, -0.25) is 9.79 Å². The zero-order valence-corrected chi connectivity index (χ0v) is 16.1. The molecule has 2 aromatic carbocycles. The molecule has 1 atom stereocenters. The number of hydrogen-bond acceptors (Lipinski definition) is 5. The second kappa shape index (κ2) is 8.38. The minimum absolute atomic E-state index is 0.145. The van der Waals surface area contributed by atoms with Gasteiger partial charge in [0.2, 0.25) is 5.91 Å². The molecule has 0 spiro atoms. The van der Waals surface area contributed by atoms with Crippen molar-refractivity contribution in [2.45, 2.75) is 25.4 Å². The van der Waals surface area contributed by atoms with E-state index in [9.17, 15) is 18.4 Å². The van der Waals surface area contributed by atoms with Crippen LogP contribution < -0.4 is 10.6 Å². The third kappa shape index (κ3) is 4.77. The molecule has 0 saturated heterocycles. The van der Waals surface area contributed by atoms with Gasteiger partial charge in [-0.2, -0.15) is 0 Å². The number of amidine groups is 1. The number of esters is 1. The van der Waals surface area contributed by atoms with Crippen LogP contribution in [0.25, 0.3) is 0 Å². The highest BCUT2D eigenvalue weighted by molar-refractivity contribution is 5.97. The molecule has 0 bridgehead atoms. The van der Waals surface area contributed by atoms with E-state index in [4.69, 9.17) is 4.74 Å². The minimum Gasteiger partial charge on any atom is -0.465 e. The van der Waals surface area contributed by atoms with Gasteiger partial charge in [-0.1, -0.05) is 18.2 Å². The van der Waals surface area contributed by atoms with Crippen LogP contribution in [0.5, 0.6) is 0 Å². The smallest absolute Gasteiger partial charge is 0.338 e. The first-order chi connectivity index (χ1) is 13.8.